The van der Waals surface area contributed by atoms with Crippen LogP contribution in [0, 0.1) is 23.2 Å². The fraction of sp³-hybridized carbons (Fsp3) is 0.595. The molecule has 3 aliphatic heterocycles. The van der Waals surface area contributed by atoms with E-state index in [4.69, 9.17) is 19.5 Å². The van der Waals surface area contributed by atoms with Gasteiger partial charge in [0.25, 0.3) is 5.91 Å². The number of hydrogen-bond donors (Lipinski definition) is 3. The average molecular weight is 772 g/mol. The number of thioether (sulfide) groups is 1. The van der Waals surface area contributed by atoms with Crippen molar-refractivity contribution in [3.63, 3.8) is 0 Å². The quantitative estimate of drug-likeness (QED) is 0.250. The van der Waals surface area contributed by atoms with Crippen LogP contribution in [0.5, 0.6) is 0 Å². The third-order valence-electron chi connectivity index (χ3n) is 12.1. The molecule has 12 nitrogen and oxygen atoms in total. The molecule has 2 aromatic heterocycles. The molecule has 5 heterocycles. The number of amides is 2. The number of nitrogens with one attached hydrogen (secondary N) is 3. The van der Waals surface area contributed by atoms with E-state index in [0.717, 1.165) is 57.1 Å². The number of hydrazine groups is 1. The van der Waals surface area contributed by atoms with Crippen molar-refractivity contribution in [3.8, 4) is 11.3 Å². The topological polar surface area (TPSA) is 139 Å². The molecule has 1 aromatic carbocycles. The van der Waals surface area contributed by atoms with Gasteiger partial charge in [0.2, 0.25) is 5.91 Å². The van der Waals surface area contributed by atoms with Crippen LogP contribution in [0.1, 0.15) is 89.8 Å². The number of fused-ring (bicyclic) bond motifs is 5. The summed E-state index contributed by atoms with van der Waals surface area (Å²) in [7, 11) is 3.67. The summed E-state index contributed by atoms with van der Waals surface area (Å²) in [5.74, 6) is -0.311. The van der Waals surface area contributed by atoms with Crippen LogP contribution in [0.15, 0.2) is 41.5 Å². The molecule has 4 aliphatic rings. The molecule has 2 fully saturated rings. The molecule has 3 unspecified atom stereocenters. The highest BCUT2D eigenvalue weighted by molar-refractivity contribution is 8.14. The van der Waals surface area contributed by atoms with E-state index >= 15 is 0 Å². The second-order valence-electron chi connectivity index (χ2n) is 16.7. The third kappa shape index (κ3) is 7.95. The molecule has 55 heavy (non-hydrogen) atoms. The highest BCUT2D eigenvalue weighted by atomic mass is 32.2. The van der Waals surface area contributed by atoms with Crippen LogP contribution in [0.4, 0.5) is 0 Å². The number of benzene rings is 1. The Balaban J connectivity index is 1.37. The lowest BCUT2D eigenvalue weighted by Crippen LogP contribution is -2.60. The molecular formula is C42H57N7O5S. The lowest BCUT2D eigenvalue weighted by Gasteiger charge is -2.35. The minimum Gasteiger partial charge on any atom is -0.464 e. The van der Waals surface area contributed by atoms with Crippen molar-refractivity contribution in [3.05, 3.63) is 53.3 Å². The van der Waals surface area contributed by atoms with E-state index in [1.807, 2.05) is 26.2 Å². The molecule has 0 radical (unpaired) electrons. The lowest BCUT2D eigenvalue weighted by atomic mass is 9.84. The predicted octanol–water partition coefficient (Wildman–Crippen LogP) is 5.60. The SMILES string of the molecule is CNCCn1c(-c2cccnc2[C@H](C)OC)c2c3cc(ccc31)C1N=C(C[C@H](NC(=O)C3[C@@H](C)[C@H]3C)C(=O)N3CCC[C@H](N3)C(=O)OCC(C)(C)C2)SC1C. The zero-order chi connectivity index (χ0) is 39.2. The van der Waals surface area contributed by atoms with Gasteiger partial charge in [-0.25, -0.2) is 5.43 Å². The number of carbonyl (C=O) groups is 3. The Morgan fingerprint density at radius 2 is 1.96 bits per heavy atom. The standard InChI is InChI=1S/C42H57N7O5S/c1-23-24(2)35(23)39(50)45-32-20-34-46-37(26(4)55-34)27-13-14-33-29(19-27)30(21-42(5,6)22-54-41(52)31-12-10-17-49(47-31)40(32)51)38(48(33)18-16-43-7)28-11-9-15-44-36(28)25(3)53-8/h9,11,13-15,19,23-26,31-32,35,37,43,47H,10,12,16-18,20-22H2,1-8H3,(H,45,50)/t23-,24+,25-,26?,31-,32-,35?,37?/m0/s1. The van der Waals surface area contributed by atoms with E-state index in [1.165, 1.54) is 5.01 Å². The van der Waals surface area contributed by atoms with Gasteiger partial charge in [-0.2, -0.15) is 0 Å². The first kappa shape index (κ1) is 39.5. The van der Waals surface area contributed by atoms with Crippen molar-refractivity contribution < 1.29 is 23.9 Å². The van der Waals surface area contributed by atoms with Crippen LogP contribution in [0.25, 0.3) is 22.2 Å². The molecule has 13 heteroatoms. The predicted molar refractivity (Wildman–Crippen MR) is 216 cm³/mol. The molecule has 1 saturated heterocycles. The minimum absolute atomic E-state index is 0.0999. The number of rotatable bonds is 8. The van der Waals surface area contributed by atoms with E-state index in [0.29, 0.717) is 25.8 Å². The van der Waals surface area contributed by atoms with Crippen molar-refractivity contribution in [2.45, 2.75) is 103 Å². The van der Waals surface area contributed by atoms with E-state index < -0.39 is 17.5 Å². The number of cyclic esters (lactones) is 1. The van der Waals surface area contributed by atoms with Gasteiger partial charge in [0.05, 0.1) is 35.2 Å². The van der Waals surface area contributed by atoms with Gasteiger partial charge in [-0.05, 0) is 80.5 Å². The van der Waals surface area contributed by atoms with Crippen LogP contribution in [-0.4, -0.2) is 88.6 Å². The van der Waals surface area contributed by atoms with Crippen molar-refractivity contribution in [1.82, 2.24) is 30.6 Å². The molecule has 1 aliphatic carbocycles. The third-order valence-corrected chi connectivity index (χ3v) is 13.3. The first-order valence-corrected chi connectivity index (χ1v) is 20.8. The van der Waals surface area contributed by atoms with Gasteiger partial charge in [-0.1, -0.05) is 40.7 Å². The molecule has 0 spiro atoms. The summed E-state index contributed by atoms with van der Waals surface area (Å²) < 4.78 is 14.3. The summed E-state index contributed by atoms with van der Waals surface area (Å²) in [6.45, 7) is 14.7. The van der Waals surface area contributed by atoms with Crippen LogP contribution in [0.3, 0.4) is 0 Å². The maximum absolute atomic E-state index is 14.2. The molecule has 2 amide bonds. The van der Waals surface area contributed by atoms with Crippen LogP contribution < -0.4 is 16.1 Å². The first-order chi connectivity index (χ1) is 26.3. The zero-order valence-corrected chi connectivity index (χ0v) is 34.3. The second-order valence-corrected chi connectivity index (χ2v) is 18.2. The number of aromatic nitrogens is 2. The Kier molecular flexibility index (Phi) is 11.5. The number of carbonyl (C=O) groups excluding carboxylic acids is 3. The van der Waals surface area contributed by atoms with Gasteiger partial charge in [-0.15, -0.1) is 11.8 Å². The molecule has 296 valence electrons. The van der Waals surface area contributed by atoms with Gasteiger partial charge in [0, 0.05) is 72.4 Å². The van der Waals surface area contributed by atoms with Crippen molar-refractivity contribution in [2.24, 2.45) is 28.2 Å². The molecule has 8 atom stereocenters. The van der Waals surface area contributed by atoms with E-state index in [-0.39, 0.29) is 66.0 Å². The Labute approximate surface area is 328 Å². The number of pyridine rings is 1. The van der Waals surface area contributed by atoms with Crippen LogP contribution in [0.2, 0.25) is 0 Å². The second kappa shape index (κ2) is 16.0. The fourth-order valence-corrected chi connectivity index (χ4v) is 9.83. The van der Waals surface area contributed by atoms with Gasteiger partial charge in [-0.3, -0.25) is 29.4 Å². The summed E-state index contributed by atoms with van der Waals surface area (Å²) in [6.07, 6.45) is 3.68. The summed E-state index contributed by atoms with van der Waals surface area (Å²) in [5, 5.41) is 10.1. The van der Waals surface area contributed by atoms with Crippen molar-refractivity contribution >= 4 is 45.5 Å². The maximum atomic E-state index is 14.2. The summed E-state index contributed by atoms with van der Waals surface area (Å²) in [5.41, 5.74) is 9.05. The van der Waals surface area contributed by atoms with Crippen molar-refractivity contribution in [1.29, 1.82) is 0 Å². The average Bonchev–Trinajstić information content (AvgIpc) is 3.45. The highest BCUT2D eigenvalue weighted by Crippen LogP contribution is 2.46. The maximum Gasteiger partial charge on any atom is 0.324 e. The van der Waals surface area contributed by atoms with Gasteiger partial charge in [0.1, 0.15) is 12.1 Å². The molecule has 6 bridgehead atoms. The Hall–Kier alpha value is -3.78. The van der Waals surface area contributed by atoms with E-state index in [1.54, 1.807) is 18.9 Å². The van der Waals surface area contributed by atoms with Gasteiger partial charge < -0.3 is 24.7 Å². The number of ether oxygens (including phenoxy) is 2. The molecule has 3 N–H and O–H groups in total. The number of nitrogens with zero attached hydrogens (tertiary/aromatic N) is 4. The molecule has 3 aromatic rings. The normalized spacial score (nSPS) is 28.7. The summed E-state index contributed by atoms with van der Waals surface area (Å²) in [6, 6.07) is 9.17. The Morgan fingerprint density at radius 3 is 2.69 bits per heavy atom. The number of aliphatic imine (C=N–C) groups is 1. The molecular weight excluding hydrogens is 715 g/mol. The summed E-state index contributed by atoms with van der Waals surface area (Å²) >= 11 is 1.67. The summed E-state index contributed by atoms with van der Waals surface area (Å²) in [4.78, 5) is 51.5. The number of hydrogen-bond acceptors (Lipinski definition) is 10. The Bertz CT molecular complexity index is 1970. The van der Waals surface area contributed by atoms with Gasteiger partial charge in [0.15, 0.2) is 0 Å². The van der Waals surface area contributed by atoms with E-state index in [2.05, 4.69) is 79.5 Å². The Morgan fingerprint density at radius 1 is 1.18 bits per heavy atom. The number of esters is 1. The zero-order valence-electron chi connectivity index (χ0n) is 33.5. The number of methoxy groups -OCH3 is 1. The monoisotopic (exact) mass is 771 g/mol. The minimum atomic E-state index is -0.814. The lowest BCUT2D eigenvalue weighted by molar-refractivity contribution is -0.155. The fourth-order valence-electron chi connectivity index (χ4n) is 8.62. The highest BCUT2D eigenvalue weighted by Gasteiger charge is 2.49. The number of likely N-dealkylation sites (N-methyl/N-ethyl adjacent to an activating group) is 1. The van der Waals surface area contributed by atoms with Crippen LogP contribution in [-0.2, 0) is 36.8 Å². The first-order valence-electron chi connectivity index (χ1n) is 19.9. The van der Waals surface area contributed by atoms with Crippen LogP contribution >= 0.6 is 11.8 Å². The largest absolute Gasteiger partial charge is 0.464 e. The van der Waals surface area contributed by atoms with Gasteiger partial charge >= 0.3 is 5.97 Å². The molecule has 1 saturated carbocycles. The smallest absolute Gasteiger partial charge is 0.324 e. The molecule has 7 rings (SSSR count). The van der Waals surface area contributed by atoms with Crippen molar-refractivity contribution in [2.75, 3.05) is 33.9 Å². The van der Waals surface area contributed by atoms with E-state index in [9.17, 15) is 14.4 Å².